The maximum atomic E-state index is 10.9. The van der Waals surface area contributed by atoms with E-state index in [1.807, 2.05) is 0 Å². The van der Waals surface area contributed by atoms with Crippen LogP contribution in [0.25, 0.3) is 22.3 Å². The van der Waals surface area contributed by atoms with Gasteiger partial charge in [0.25, 0.3) is 5.56 Å². The molecule has 4 aromatic heterocycles. The standard InChI is InChI=1S/C5H4N4O.C5H4N4.2Na/c10-5-3-4(7-1-6-3)8-2-9-5;1-4-5(8-2-6-1)9-3-7-4;;/h1-2H,(H2,6,7,8,9,10);1-3H,(H,6,7,8,9);;. The minimum absolute atomic E-state index is 0. The van der Waals surface area contributed by atoms with Gasteiger partial charge in [0.05, 0.1) is 25.2 Å². The van der Waals surface area contributed by atoms with Crippen molar-refractivity contribution in [1.82, 2.24) is 39.9 Å². The first-order chi connectivity index (χ1) is 9.34. The van der Waals surface area contributed by atoms with Crippen LogP contribution in [0.4, 0.5) is 0 Å². The molecule has 0 saturated heterocycles. The maximum absolute atomic E-state index is 10.9. The topological polar surface area (TPSA) is 129 Å². The fourth-order valence-electron chi connectivity index (χ4n) is 1.47. The first-order valence-electron chi connectivity index (χ1n) is 5.30. The Hall–Kier alpha value is -1.10. The largest absolute Gasteiger partial charge is 0.342 e. The van der Waals surface area contributed by atoms with Gasteiger partial charge in [0.15, 0.2) is 16.8 Å². The van der Waals surface area contributed by atoms with Gasteiger partial charge in [-0.2, -0.15) is 0 Å². The SMILES string of the molecule is O=c1[nH]cnc2nc[nH]c12.[Na].[Na].c1ncc2[nH]cnc2n1. The zero-order valence-electron chi connectivity index (χ0n) is 11.5. The van der Waals surface area contributed by atoms with E-state index in [9.17, 15) is 4.79 Å². The first kappa shape index (κ1) is 18.0. The molecule has 4 rings (SSSR count). The van der Waals surface area contributed by atoms with Gasteiger partial charge in [-0.3, -0.25) is 4.79 Å². The molecule has 0 aliphatic rings. The summed E-state index contributed by atoms with van der Waals surface area (Å²) in [6, 6.07) is 0. The van der Waals surface area contributed by atoms with E-state index in [1.165, 1.54) is 19.0 Å². The van der Waals surface area contributed by atoms with E-state index >= 15 is 0 Å². The second kappa shape index (κ2) is 8.37. The van der Waals surface area contributed by atoms with Crippen LogP contribution in [0.5, 0.6) is 0 Å². The zero-order chi connectivity index (χ0) is 13.1. The number of aromatic nitrogens is 8. The average molecular weight is 302 g/mol. The summed E-state index contributed by atoms with van der Waals surface area (Å²) in [7, 11) is 0. The van der Waals surface area contributed by atoms with Crippen molar-refractivity contribution in [3.8, 4) is 0 Å². The normalized spacial score (nSPS) is 9.33. The third-order valence-corrected chi connectivity index (χ3v) is 2.33. The molecule has 0 saturated carbocycles. The van der Waals surface area contributed by atoms with Crippen molar-refractivity contribution in [3.05, 3.63) is 41.9 Å². The van der Waals surface area contributed by atoms with Gasteiger partial charge in [-0.1, -0.05) is 0 Å². The summed E-state index contributed by atoms with van der Waals surface area (Å²) >= 11 is 0. The Bertz CT molecular complexity index is 839. The smallest absolute Gasteiger partial charge is 0.276 e. The average Bonchev–Trinajstić information content (AvgIpc) is 3.08. The van der Waals surface area contributed by atoms with Crippen LogP contribution in [0.15, 0.2) is 36.3 Å². The van der Waals surface area contributed by atoms with Gasteiger partial charge >= 0.3 is 0 Å². The van der Waals surface area contributed by atoms with Crippen LogP contribution < -0.4 is 5.56 Å². The second-order valence-corrected chi connectivity index (χ2v) is 3.50. The Morgan fingerprint density at radius 2 is 1.48 bits per heavy atom. The van der Waals surface area contributed by atoms with Crippen molar-refractivity contribution in [2.45, 2.75) is 0 Å². The molecule has 0 fully saturated rings. The van der Waals surface area contributed by atoms with Crippen LogP contribution in [-0.4, -0.2) is 99.0 Å². The quantitative estimate of drug-likeness (QED) is 0.366. The maximum Gasteiger partial charge on any atom is 0.276 e. The molecule has 96 valence electrons. The predicted octanol–water partition coefficient (Wildman–Crippen LogP) is -0.763. The summed E-state index contributed by atoms with van der Waals surface area (Å²) in [6.45, 7) is 0. The van der Waals surface area contributed by atoms with E-state index in [0.717, 1.165) is 5.52 Å². The van der Waals surface area contributed by atoms with E-state index in [2.05, 4.69) is 39.9 Å². The minimum atomic E-state index is -0.192. The number of hydrogen-bond acceptors (Lipinski definition) is 6. The monoisotopic (exact) mass is 302 g/mol. The van der Waals surface area contributed by atoms with Crippen molar-refractivity contribution in [2.75, 3.05) is 0 Å². The molecule has 9 nitrogen and oxygen atoms in total. The Morgan fingerprint density at radius 3 is 2.19 bits per heavy atom. The second-order valence-electron chi connectivity index (χ2n) is 3.50. The first-order valence-corrected chi connectivity index (χ1v) is 5.30. The van der Waals surface area contributed by atoms with Crippen LogP contribution >= 0.6 is 0 Å². The summed E-state index contributed by atoms with van der Waals surface area (Å²) in [5.74, 6) is 0. The van der Waals surface area contributed by atoms with Crippen molar-refractivity contribution in [2.24, 2.45) is 0 Å². The van der Waals surface area contributed by atoms with Gasteiger partial charge in [0.1, 0.15) is 11.8 Å². The van der Waals surface area contributed by atoms with E-state index in [4.69, 9.17) is 0 Å². The van der Waals surface area contributed by atoms with Gasteiger partial charge in [-0.25, -0.2) is 24.9 Å². The number of fused-ring (bicyclic) bond motifs is 2. The molecule has 0 bridgehead atoms. The molecule has 4 aromatic rings. The molecular weight excluding hydrogens is 294 g/mol. The molecule has 0 amide bonds. The molecule has 21 heavy (non-hydrogen) atoms. The Labute approximate surface area is 162 Å². The molecule has 11 heteroatoms. The molecule has 2 radical (unpaired) electrons. The summed E-state index contributed by atoms with van der Waals surface area (Å²) in [4.78, 5) is 38.0. The number of rotatable bonds is 0. The van der Waals surface area contributed by atoms with Gasteiger partial charge in [-0.05, 0) is 0 Å². The molecular formula is C10H8N8Na2O. The Kier molecular flexibility index (Phi) is 7.15. The van der Waals surface area contributed by atoms with Crippen LogP contribution in [0, 0.1) is 0 Å². The fraction of sp³-hybridized carbons (Fsp3) is 0. The molecule has 0 unspecified atom stereocenters. The summed E-state index contributed by atoms with van der Waals surface area (Å²) in [6.07, 6.45) is 7.52. The number of imidazole rings is 2. The van der Waals surface area contributed by atoms with Crippen molar-refractivity contribution in [3.63, 3.8) is 0 Å². The molecule has 0 aromatic carbocycles. The van der Waals surface area contributed by atoms with Crippen molar-refractivity contribution < 1.29 is 0 Å². The summed E-state index contributed by atoms with van der Waals surface area (Å²) < 4.78 is 0. The van der Waals surface area contributed by atoms with Crippen LogP contribution in [-0.2, 0) is 0 Å². The van der Waals surface area contributed by atoms with Crippen molar-refractivity contribution >= 4 is 81.4 Å². The molecule has 0 atom stereocenters. The van der Waals surface area contributed by atoms with E-state index in [-0.39, 0.29) is 64.7 Å². The minimum Gasteiger partial charge on any atom is -0.342 e. The third-order valence-electron chi connectivity index (χ3n) is 2.33. The number of nitrogens with zero attached hydrogens (tertiary/aromatic N) is 5. The Morgan fingerprint density at radius 1 is 0.810 bits per heavy atom. The zero-order valence-corrected chi connectivity index (χ0v) is 15.5. The molecule has 3 N–H and O–H groups in total. The Balaban J connectivity index is 0.000000192. The fourth-order valence-corrected chi connectivity index (χ4v) is 1.47. The predicted molar refractivity (Wildman–Crippen MR) is 77.7 cm³/mol. The van der Waals surface area contributed by atoms with Gasteiger partial charge in [0, 0.05) is 59.1 Å². The van der Waals surface area contributed by atoms with Gasteiger partial charge in [0.2, 0.25) is 0 Å². The van der Waals surface area contributed by atoms with E-state index < -0.39 is 0 Å². The van der Waals surface area contributed by atoms with E-state index in [1.54, 1.807) is 12.5 Å². The number of aromatic amines is 3. The van der Waals surface area contributed by atoms with Crippen molar-refractivity contribution in [1.29, 1.82) is 0 Å². The van der Waals surface area contributed by atoms with Gasteiger partial charge < -0.3 is 15.0 Å². The molecule has 0 spiro atoms. The molecule has 0 aliphatic heterocycles. The van der Waals surface area contributed by atoms with E-state index in [0.29, 0.717) is 16.8 Å². The number of H-pyrrole nitrogens is 3. The summed E-state index contributed by atoms with van der Waals surface area (Å²) in [5.41, 5.74) is 2.26. The molecule has 0 aliphatic carbocycles. The number of nitrogens with one attached hydrogen (secondary N) is 3. The van der Waals surface area contributed by atoms with Gasteiger partial charge in [-0.15, -0.1) is 0 Å². The van der Waals surface area contributed by atoms with Crippen LogP contribution in [0.3, 0.4) is 0 Å². The summed E-state index contributed by atoms with van der Waals surface area (Å²) in [5, 5.41) is 0. The number of hydrogen-bond donors (Lipinski definition) is 3. The van der Waals surface area contributed by atoms with Crippen LogP contribution in [0.1, 0.15) is 0 Å². The molecule has 4 heterocycles. The van der Waals surface area contributed by atoms with Crippen LogP contribution in [0.2, 0.25) is 0 Å². The third kappa shape index (κ3) is 4.19.